The number of nitrogens with one attached hydrogen (secondary N) is 1. The van der Waals surface area contributed by atoms with Crippen LogP contribution in [0, 0.1) is 0 Å². The van der Waals surface area contributed by atoms with Gasteiger partial charge < -0.3 is 14.2 Å². The normalized spacial score (nSPS) is 10.6. The molecule has 0 spiro atoms. The molecule has 0 fully saturated rings. The van der Waals surface area contributed by atoms with Crippen LogP contribution in [0.15, 0.2) is 41.5 Å². The molecule has 2 aromatic rings. The average molecular weight is 377 g/mol. The predicted octanol–water partition coefficient (Wildman–Crippen LogP) is 3.91. The molecule has 0 heterocycles. The molecule has 0 unspecified atom stereocenters. The molecule has 7 heteroatoms. The van der Waals surface area contributed by atoms with E-state index in [0.29, 0.717) is 41.0 Å². The maximum atomic E-state index is 12.2. The van der Waals surface area contributed by atoms with Crippen molar-refractivity contribution in [2.24, 2.45) is 5.10 Å². The first-order valence-electron chi connectivity index (χ1n) is 8.15. The van der Waals surface area contributed by atoms with Crippen molar-refractivity contribution in [3.8, 4) is 17.2 Å². The van der Waals surface area contributed by atoms with Crippen molar-refractivity contribution >= 4 is 23.7 Å². The molecule has 0 saturated heterocycles. The molecule has 0 aromatic heterocycles. The Labute approximate surface area is 157 Å². The SMILES string of the molecule is CCOc1ccc(/C=N/NC(=O)c2ccc(OCC)c(OC)c2)cc1Cl. The van der Waals surface area contributed by atoms with Gasteiger partial charge in [0.15, 0.2) is 11.5 Å². The first-order valence-corrected chi connectivity index (χ1v) is 8.53. The van der Waals surface area contributed by atoms with Gasteiger partial charge in [-0.2, -0.15) is 5.10 Å². The highest BCUT2D eigenvalue weighted by Crippen LogP contribution is 2.28. The fourth-order valence-electron chi connectivity index (χ4n) is 2.18. The molecule has 0 saturated carbocycles. The van der Waals surface area contributed by atoms with Crippen LogP contribution in [-0.4, -0.2) is 32.4 Å². The first-order chi connectivity index (χ1) is 12.6. The van der Waals surface area contributed by atoms with Gasteiger partial charge in [0.1, 0.15) is 5.75 Å². The van der Waals surface area contributed by atoms with Crippen LogP contribution in [0.2, 0.25) is 5.02 Å². The fraction of sp³-hybridized carbons (Fsp3) is 0.263. The zero-order chi connectivity index (χ0) is 18.9. The fourth-order valence-corrected chi connectivity index (χ4v) is 2.43. The minimum atomic E-state index is -0.361. The molecule has 0 radical (unpaired) electrons. The topological polar surface area (TPSA) is 69.2 Å². The van der Waals surface area contributed by atoms with E-state index in [1.807, 2.05) is 13.8 Å². The number of amides is 1. The largest absolute Gasteiger partial charge is 0.493 e. The van der Waals surface area contributed by atoms with Crippen LogP contribution in [0.1, 0.15) is 29.8 Å². The third kappa shape index (κ3) is 5.13. The number of rotatable bonds is 8. The third-order valence-electron chi connectivity index (χ3n) is 3.36. The van der Waals surface area contributed by atoms with Gasteiger partial charge >= 0.3 is 0 Å². The number of halogens is 1. The number of benzene rings is 2. The van der Waals surface area contributed by atoms with Crippen molar-refractivity contribution in [2.45, 2.75) is 13.8 Å². The Morgan fingerprint density at radius 3 is 2.42 bits per heavy atom. The summed E-state index contributed by atoms with van der Waals surface area (Å²) in [6.07, 6.45) is 1.51. The van der Waals surface area contributed by atoms with E-state index in [1.54, 1.807) is 36.4 Å². The summed E-state index contributed by atoms with van der Waals surface area (Å²) in [5, 5.41) is 4.44. The molecule has 0 atom stereocenters. The number of carbonyl (C=O) groups excluding carboxylic acids is 1. The molecular weight excluding hydrogens is 356 g/mol. The quantitative estimate of drug-likeness (QED) is 0.560. The van der Waals surface area contributed by atoms with Gasteiger partial charge in [-0.1, -0.05) is 11.6 Å². The van der Waals surface area contributed by atoms with Crippen molar-refractivity contribution in [1.82, 2.24) is 5.43 Å². The second kappa shape index (κ2) is 9.68. The zero-order valence-corrected chi connectivity index (χ0v) is 15.7. The Morgan fingerprint density at radius 2 is 1.77 bits per heavy atom. The van der Waals surface area contributed by atoms with Gasteiger partial charge in [0.25, 0.3) is 5.91 Å². The number of nitrogens with zero attached hydrogens (tertiary/aromatic N) is 1. The summed E-state index contributed by atoms with van der Waals surface area (Å²) in [4.78, 5) is 12.2. The van der Waals surface area contributed by atoms with E-state index in [2.05, 4.69) is 10.5 Å². The van der Waals surface area contributed by atoms with Crippen molar-refractivity contribution in [3.63, 3.8) is 0 Å². The highest BCUT2D eigenvalue weighted by Gasteiger charge is 2.10. The van der Waals surface area contributed by atoms with Crippen LogP contribution in [-0.2, 0) is 0 Å². The summed E-state index contributed by atoms with van der Waals surface area (Å²) in [6.45, 7) is 4.81. The summed E-state index contributed by atoms with van der Waals surface area (Å²) < 4.78 is 16.0. The summed E-state index contributed by atoms with van der Waals surface area (Å²) in [5.74, 6) is 1.32. The average Bonchev–Trinajstić information content (AvgIpc) is 2.64. The summed E-state index contributed by atoms with van der Waals surface area (Å²) >= 11 is 6.12. The van der Waals surface area contributed by atoms with Crippen molar-refractivity contribution in [2.75, 3.05) is 20.3 Å². The maximum Gasteiger partial charge on any atom is 0.271 e. The van der Waals surface area contributed by atoms with E-state index in [4.69, 9.17) is 25.8 Å². The number of hydrazone groups is 1. The van der Waals surface area contributed by atoms with Gasteiger partial charge in [0.05, 0.1) is 31.6 Å². The molecule has 0 aliphatic heterocycles. The van der Waals surface area contributed by atoms with Crippen molar-refractivity contribution in [1.29, 1.82) is 0 Å². The lowest BCUT2D eigenvalue weighted by Gasteiger charge is -2.10. The molecule has 2 aromatic carbocycles. The molecular formula is C19H21ClN2O4. The monoisotopic (exact) mass is 376 g/mol. The van der Waals surface area contributed by atoms with Crippen LogP contribution >= 0.6 is 11.6 Å². The minimum Gasteiger partial charge on any atom is -0.493 e. The van der Waals surface area contributed by atoms with E-state index in [9.17, 15) is 4.79 Å². The van der Waals surface area contributed by atoms with E-state index >= 15 is 0 Å². The number of hydrogen-bond donors (Lipinski definition) is 1. The van der Waals surface area contributed by atoms with E-state index < -0.39 is 0 Å². The van der Waals surface area contributed by atoms with Gasteiger partial charge in [-0.25, -0.2) is 5.43 Å². The predicted molar refractivity (Wildman–Crippen MR) is 102 cm³/mol. The highest BCUT2D eigenvalue weighted by molar-refractivity contribution is 6.32. The number of carbonyl (C=O) groups is 1. The molecule has 138 valence electrons. The Bertz CT molecular complexity index is 793. The van der Waals surface area contributed by atoms with Crippen molar-refractivity contribution in [3.05, 3.63) is 52.5 Å². The minimum absolute atomic E-state index is 0.361. The van der Waals surface area contributed by atoms with E-state index in [0.717, 1.165) is 5.56 Å². The van der Waals surface area contributed by atoms with Gasteiger partial charge in [0.2, 0.25) is 0 Å². The number of methoxy groups -OCH3 is 1. The summed E-state index contributed by atoms with van der Waals surface area (Å²) in [7, 11) is 1.52. The first kappa shape index (κ1) is 19.6. The van der Waals surface area contributed by atoms with Crippen molar-refractivity contribution < 1.29 is 19.0 Å². The summed E-state index contributed by atoms with van der Waals surface area (Å²) in [5.41, 5.74) is 3.62. The van der Waals surface area contributed by atoms with Crippen LogP contribution in [0.25, 0.3) is 0 Å². The summed E-state index contributed by atoms with van der Waals surface area (Å²) in [6, 6.07) is 10.2. The van der Waals surface area contributed by atoms with Crippen LogP contribution in [0.4, 0.5) is 0 Å². The second-order valence-corrected chi connectivity index (χ2v) is 5.53. The number of hydrogen-bond acceptors (Lipinski definition) is 5. The number of ether oxygens (including phenoxy) is 3. The molecule has 0 aliphatic carbocycles. The molecule has 1 N–H and O–H groups in total. The Hall–Kier alpha value is -2.73. The van der Waals surface area contributed by atoms with E-state index in [1.165, 1.54) is 13.3 Å². The highest BCUT2D eigenvalue weighted by atomic mass is 35.5. The lowest BCUT2D eigenvalue weighted by molar-refractivity contribution is 0.0954. The van der Waals surface area contributed by atoms with Gasteiger partial charge in [-0.05, 0) is 55.8 Å². The molecule has 0 bridgehead atoms. The Kier molecular flexibility index (Phi) is 7.29. The van der Waals surface area contributed by atoms with Gasteiger partial charge in [-0.15, -0.1) is 0 Å². The molecule has 1 amide bonds. The van der Waals surface area contributed by atoms with Crippen LogP contribution < -0.4 is 19.6 Å². The lowest BCUT2D eigenvalue weighted by Crippen LogP contribution is -2.17. The standard InChI is InChI=1S/C19H21ClN2O4/c1-4-25-16-8-6-13(10-15(16)20)12-21-22-19(23)14-7-9-17(26-5-2)18(11-14)24-3/h6-12H,4-5H2,1-3H3,(H,22,23)/b21-12+. The zero-order valence-electron chi connectivity index (χ0n) is 14.9. The van der Waals surface area contributed by atoms with Crippen LogP contribution in [0.5, 0.6) is 17.2 Å². The smallest absolute Gasteiger partial charge is 0.271 e. The second-order valence-electron chi connectivity index (χ2n) is 5.12. The molecule has 2 rings (SSSR count). The third-order valence-corrected chi connectivity index (χ3v) is 3.66. The Balaban J connectivity index is 2.04. The molecule has 0 aliphatic rings. The Morgan fingerprint density at radius 1 is 1.08 bits per heavy atom. The van der Waals surface area contributed by atoms with E-state index in [-0.39, 0.29) is 5.91 Å². The molecule has 26 heavy (non-hydrogen) atoms. The van der Waals surface area contributed by atoms with Gasteiger partial charge in [0, 0.05) is 5.56 Å². The maximum absolute atomic E-state index is 12.2. The van der Waals surface area contributed by atoms with Crippen LogP contribution in [0.3, 0.4) is 0 Å². The van der Waals surface area contributed by atoms with Gasteiger partial charge in [-0.3, -0.25) is 4.79 Å². The lowest BCUT2D eigenvalue weighted by atomic mass is 10.2. The molecule has 6 nitrogen and oxygen atoms in total.